The van der Waals surface area contributed by atoms with Crippen LogP contribution in [0, 0.1) is 0 Å². The number of nitrogens with two attached hydrogens (primary N) is 1. The van der Waals surface area contributed by atoms with Crippen LogP contribution in [0.1, 0.15) is 39.0 Å². The molecule has 104 valence electrons. The van der Waals surface area contributed by atoms with Crippen LogP contribution < -0.4 is 5.73 Å². The molecule has 0 radical (unpaired) electrons. The largest absolute Gasteiger partial charge is 0.469 e. The predicted octanol–water partition coefficient (Wildman–Crippen LogP) is -0.273. The lowest BCUT2D eigenvalue weighted by Gasteiger charge is -2.15. The van der Waals surface area contributed by atoms with E-state index >= 15 is 0 Å². The van der Waals surface area contributed by atoms with Crippen molar-refractivity contribution in [1.82, 2.24) is 0 Å². The number of hydrogen-bond acceptors (Lipinski definition) is 5. The Morgan fingerprint density at radius 3 is 2.29 bits per heavy atom. The minimum atomic E-state index is -5.39. The summed E-state index contributed by atoms with van der Waals surface area (Å²) in [5.41, 5.74) is 5.63. The van der Waals surface area contributed by atoms with Crippen LogP contribution in [0.3, 0.4) is 0 Å². The zero-order valence-corrected chi connectivity index (χ0v) is 10.1. The summed E-state index contributed by atoms with van der Waals surface area (Å²) < 4.78 is 46.9. The molecule has 1 aliphatic carbocycles. The molecule has 17 heavy (non-hydrogen) atoms. The van der Waals surface area contributed by atoms with Crippen molar-refractivity contribution in [1.29, 1.82) is 0 Å². The lowest BCUT2D eigenvalue weighted by atomic mass is 9.97. The Morgan fingerprint density at radius 1 is 1.47 bits per heavy atom. The van der Waals surface area contributed by atoms with Gasteiger partial charge in [-0.3, -0.25) is 4.52 Å². The molecule has 1 unspecified atom stereocenters. The molecule has 1 atom stereocenters. The Morgan fingerprint density at radius 2 is 2.00 bits per heavy atom. The molecule has 0 spiro atoms. The van der Waals surface area contributed by atoms with Crippen LogP contribution in [-0.4, -0.2) is 45.2 Å². The smallest absolute Gasteiger partial charge is 0.394 e. The lowest BCUT2D eigenvalue weighted by molar-refractivity contribution is 0.0419. The zero-order chi connectivity index (χ0) is 17.8. The van der Waals surface area contributed by atoms with E-state index in [0.29, 0.717) is 6.04 Å². The molecule has 0 aromatic heterocycles. The highest BCUT2D eigenvalue weighted by atomic mass is 31.2. The summed E-state index contributed by atoms with van der Waals surface area (Å²) >= 11 is 0. The SMILES string of the molecule is NC1CCCCC1.[2H]C([2H])(O)C([2H])(O)C([2H])([2H])OP(=O)(O)O. The van der Waals surface area contributed by atoms with E-state index < -0.39 is 27.0 Å². The highest BCUT2D eigenvalue weighted by Gasteiger charge is 2.15. The average molecular weight is 276 g/mol. The van der Waals surface area contributed by atoms with E-state index in [1.807, 2.05) is 0 Å². The van der Waals surface area contributed by atoms with Crippen LogP contribution >= 0.6 is 7.82 Å². The molecule has 1 aliphatic rings. The second-order valence-corrected chi connectivity index (χ2v) is 4.71. The van der Waals surface area contributed by atoms with Gasteiger partial charge in [-0.25, -0.2) is 4.57 Å². The summed E-state index contributed by atoms with van der Waals surface area (Å²) in [5, 5.41) is 17.5. The zero-order valence-electron chi connectivity index (χ0n) is 14.2. The topological polar surface area (TPSA) is 133 Å². The third kappa shape index (κ3) is 12.2. The van der Waals surface area contributed by atoms with Crippen molar-refractivity contribution < 1.29 is 35.9 Å². The minimum absolute atomic E-state index is 0.536. The molecular weight excluding hydrogens is 249 g/mol. The second-order valence-electron chi connectivity index (χ2n) is 3.54. The molecule has 0 aromatic rings. The molecule has 0 bridgehead atoms. The number of hydrogen-bond donors (Lipinski definition) is 5. The standard InChI is InChI=1S/C6H13N.C3H9O6P/c7-6-4-2-1-3-5-6;4-1-3(5)2-9-10(6,7)8/h6H,1-5,7H2;3-5H,1-2H2,(H2,6,7,8)/i;1D2,2D2,3D. The summed E-state index contributed by atoms with van der Waals surface area (Å²) in [6, 6.07) is 0.536. The molecule has 1 saturated carbocycles. The third-order valence-electron chi connectivity index (χ3n) is 2.02. The van der Waals surface area contributed by atoms with E-state index in [1.165, 1.54) is 32.1 Å². The van der Waals surface area contributed by atoms with Gasteiger partial charge in [-0.2, -0.15) is 0 Å². The maximum atomic E-state index is 10.3. The first kappa shape index (κ1) is 9.86. The molecule has 0 heterocycles. The van der Waals surface area contributed by atoms with Crippen molar-refractivity contribution in [2.75, 3.05) is 13.1 Å². The fourth-order valence-electron chi connectivity index (χ4n) is 1.26. The Labute approximate surface area is 108 Å². The van der Waals surface area contributed by atoms with Crippen molar-refractivity contribution >= 4 is 7.82 Å². The maximum Gasteiger partial charge on any atom is 0.469 e. The van der Waals surface area contributed by atoms with E-state index in [4.69, 9.17) is 32.6 Å². The van der Waals surface area contributed by atoms with Crippen molar-refractivity contribution in [3.05, 3.63) is 0 Å². The van der Waals surface area contributed by atoms with Crippen LogP contribution in [0.25, 0.3) is 0 Å². The van der Waals surface area contributed by atoms with Gasteiger partial charge in [0.2, 0.25) is 0 Å². The van der Waals surface area contributed by atoms with Gasteiger partial charge in [0.05, 0.1) is 20.0 Å². The summed E-state index contributed by atoms with van der Waals surface area (Å²) in [4.78, 5) is 16.5. The Bertz CT molecular complexity index is 392. The molecular formula is C9H22NO6P. The normalized spacial score (nSPS) is 27.2. The second kappa shape index (κ2) is 8.99. The molecule has 1 rings (SSSR count). The Kier molecular flexibility index (Phi) is 5.21. The highest BCUT2D eigenvalue weighted by molar-refractivity contribution is 7.46. The van der Waals surface area contributed by atoms with Crippen molar-refractivity contribution in [3.8, 4) is 0 Å². The van der Waals surface area contributed by atoms with E-state index in [-0.39, 0.29) is 0 Å². The summed E-state index contributed by atoms with van der Waals surface area (Å²) in [7, 11) is -5.39. The maximum absolute atomic E-state index is 10.3. The van der Waals surface area contributed by atoms with E-state index in [9.17, 15) is 4.57 Å². The van der Waals surface area contributed by atoms with Gasteiger partial charge in [0.15, 0.2) is 0 Å². The first-order valence-electron chi connectivity index (χ1n) is 7.57. The van der Waals surface area contributed by atoms with Crippen LogP contribution in [0.2, 0.25) is 0 Å². The molecule has 0 amide bonds. The Hall–Kier alpha value is -0.0100. The molecule has 6 N–H and O–H groups in total. The Balaban J connectivity index is 0.000000518. The van der Waals surface area contributed by atoms with Crippen molar-refractivity contribution in [2.24, 2.45) is 5.73 Å². The predicted molar refractivity (Wildman–Crippen MR) is 62.1 cm³/mol. The van der Waals surface area contributed by atoms with Gasteiger partial charge in [-0.1, -0.05) is 19.3 Å². The van der Waals surface area contributed by atoms with E-state index in [1.54, 1.807) is 0 Å². The van der Waals surface area contributed by atoms with Gasteiger partial charge in [0, 0.05) is 6.04 Å². The molecule has 0 saturated heterocycles. The number of phosphoric acid groups is 1. The van der Waals surface area contributed by atoms with Gasteiger partial charge in [-0.15, -0.1) is 0 Å². The van der Waals surface area contributed by atoms with E-state index in [2.05, 4.69) is 4.52 Å². The first-order valence-corrected chi connectivity index (χ1v) is 6.60. The molecule has 1 fully saturated rings. The van der Waals surface area contributed by atoms with Crippen molar-refractivity contribution in [3.63, 3.8) is 0 Å². The summed E-state index contributed by atoms with van der Waals surface area (Å²) in [5.74, 6) is 0. The third-order valence-corrected chi connectivity index (χ3v) is 2.35. The quantitative estimate of drug-likeness (QED) is 0.446. The van der Waals surface area contributed by atoms with Gasteiger partial charge < -0.3 is 25.7 Å². The monoisotopic (exact) mass is 276 g/mol. The molecule has 0 aliphatic heterocycles. The summed E-state index contributed by atoms with van der Waals surface area (Å²) in [6.07, 6.45) is 2.76. The average Bonchev–Trinajstić information content (AvgIpc) is 2.25. The molecule has 8 heteroatoms. The van der Waals surface area contributed by atoms with Crippen LogP contribution in [0.4, 0.5) is 0 Å². The fourth-order valence-corrected chi connectivity index (χ4v) is 1.47. The minimum Gasteiger partial charge on any atom is -0.394 e. The first-order chi connectivity index (χ1) is 9.60. The van der Waals surface area contributed by atoms with Crippen LogP contribution in [0.15, 0.2) is 0 Å². The highest BCUT2D eigenvalue weighted by Crippen LogP contribution is 2.35. The van der Waals surface area contributed by atoms with Crippen LogP contribution in [0.5, 0.6) is 0 Å². The van der Waals surface area contributed by atoms with E-state index in [0.717, 1.165) is 0 Å². The fraction of sp³-hybridized carbons (Fsp3) is 1.00. The lowest BCUT2D eigenvalue weighted by Crippen LogP contribution is -2.22. The van der Waals surface area contributed by atoms with Gasteiger partial charge >= 0.3 is 7.82 Å². The van der Waals surface area contributed by atoms with Gasteiger partial charge in [-0.05, 0) is 12.8 Å². The molecule has 0 aromatic carbocycles. The van der Waals surface area contributed by atoms with Crippen molar-refractivity contribution in [2.45, 2.75) is 44.2 Å². The van der Waals surface area contributed by atoms with Gasteiger partial charge in [0.1, 0.15) is 6.08 Å². The number of aliphatic hydroxyl groups is 2. The number of phosphoric ester groups is 1. The molecule has 7 nitrogen and oxygen atoms in total. The summed E-state index contributed by atoms with van der Waals surface area (Å²) in [6.45, 7) is -7.57. The van der Waals surface area contributed by atoms with Gasteiger partial charge in [0.25, 0.3) is 0 Å². The number of rotatable bonds is 4. The van der Waals surface area contributed by atoms with Crippen LogP contribution in [-0.2, 0) is 9.09 Å².